The Balaban J connectivity index is 1.73. The zero-order chi connectivity index (χ0) is 18.7. The molecule has 0 unspecified atom stereocenters. The van der Waals surface area contributed by atoms with E-state index in [1.54, 1.807) is 25.5 Å². The number of nitrogens with zero attached hydrogens (tertiary/aromatic N) is 2. The van der Waals surface area contributed by atoms with Crippen LogP contribution in [0.4, 0.5) is 5.69 Å². The van der Waals surface area contributed by atoms with Crippen LogP contribution in [-0.4, -0.2) is 24.2 Å². The Morgan fingerprint density at radius 1 is 1.27 bits per heavy atom. The van der Waals surface area contributed by atoms with E-state index in [1.807, 2.05) is 25.1 Å². The lowest BCUT2D eigenvalue weighted by molar-refractivity contribution is -0.384. The first kappa shape index (κ1) is 17.6. The van der Waals surface area contributed by atoms with Crippen LogP contribution in [0.5, 0.6) is 5.75 Å². The Morgan fingerprint density at radius 2 is 2.08 bits per heavy atom. The largest absolute Gasteiger partial charge is 0.497 e. The number of benzene rings is 2. The van der Waals surface area contributed by atoms with Crippen molar-refractivity contribution in [3.8, 4) is 5.75 Å². The molecule has 7 nitrogen and oxygen atoms in total. The van der Waals surface area contributed by atoms with E-state index in [4.69, 9.17) is 4.74 Å². The van der Waals surface area contributed by atoms with Gasteiger partial charge in [0.1, 0.15) is 5.75 Å². The summed E-state index contributed by atoms with van der Waals surface area (Å²) in [5.41, 5.74) is 4.30. The average Bonchev–Trinajstić information content (AvgIpc) is 3.06. The molecule has 0 radical (unpaired) electrons. The molecule has 1 N–H and O–H groups in total. The maximum absolute atomic E-state index is 12.2. The lowest BCUT2D eigenvalue weighted by Crippen LogP contribution is -2.16. The van der Waals surface area contributed by atoms with E-state index in [-0.39, 0.29) is 11.6 Å². The molecule has 2 aromatic carbocycles. The number of hydrazone groups is 1. The van der Waals surface area contributed by atoms with Gasteiger partial charge in [-0.25, -0.2) is 5.43 Å². The van der Waals surface area contributed by atoms with Gasteiger partial charge in [0.25, 0.3) is 11.6 Å². The van der Waals surface area contributed by atoms with E-state index in [0.717, 1.165) is 21.6 Å². The van der Waals surface area contributed by atoms with Crippen molar-refractivity contribution in [3.63, 3.8) is 0 Å². The van der Waals surface area contributed by atoms with Crippen molar-refractivity contribution in [2.24, 2.45) is 5.10 Å². The van der Waals surface area contributed by atoms with Gasteiger partial charge in [0.15, 0.2) is 0 Å². The highest BCUT2D eigenvalue weighted by Crippen LogP contribution is 2.28. The number of methoxy groups -OCH3 is 1. The zero-order valence-corrected chi connectivity index (χ0v) is 14.9. The number of ether oxygens (including phenoxy) is 1. The van der Waals surface area contributed by atoms with E-state index in [2.05, 4.69) is 10.5 Å². The highest BCUT2D eigenvalue weighted by molar-refractivity contribution is 7.20. The zero-order valence-electron chi connectivity index (χ0n) is 14.1. The van der Waals surface area contributed by atoms with Crippen molar-refractivity contribution >= 4 is 39.2 Å². The molecule has 3 aromatic rings. The van der Waals surface area contributed by atoms with Crippen LogP contribution in [0.15, 0.2) is 47.6 Å². The molecular formula is C18H15N3O4S. The summed E-state index contributed by atoms with van der Waals surface area (Å²) in [5.74, 6) is 0.388. The Kier molecular flexibility index (Phi) is 4.94. The predicted octanol–water partition coefficient (Wildman–Crippen LogP) is 3.89. The van der Waals surface area contributed by atoms with Gasteiger partial charge in [-0.2, -0.15) is 5.10 Å². The number of thiophene rings is 1. The first-order chi connectivity index (χ1) is 12.5. The topological polar surface area (TPSA) is 93.8 Å². The van der Waals surface area contributed by atoms with Gasteiger partial charge in [-0.15, -0.1) is 11.3 Å². The lowest BCUT2D eigenvalue weighted by Gasteiger charge is -2.03. The molecular weight excluding hydrogens is 354 g/mol. The number of nitro groups is 1. The highest BCUT2D eigenvalue weighted by atomic mass is 32.1. The van der Waals surface area contributed by atoms with E-state index >= 15 is 0 Å². The summed E-state index contributed by atoms with van der Waals surface area (Å²) in [5, 5.41) is 15.5. The number of rotatable bonds is 5. The fraction of sp³-hybridized carbons (Fsp3) is 0.111. The van der Waals surface area contributed by atoms with Gasteiger partial charge in [-0.1, -0.05) is 0 Å². The van der Waals surface area contributed by atoms with Gasteiger partial charge >= 0.3 is 0 Å². The Morgan fingerprint density at radius 3 is 2.77 bits per heavy atom. The van der Waals surface area contributed by atoms with E-state index < -0.39 is 4.92 Å². The molecule has 0 atom stereocenters. The van der Waals surface area contributed by atoms with E-state index in [9.17, 15) is 14.9 Å². The second kappa shape index (κ2) is 7.32. The third kappa shape index (κ3) is 3.70. The van der Waals surface area contributed by atoms with Gasteiger partial charge in [0.05, 0.1) is 23.1 Å². The standard InChI is InChI=1S/C18H15N3O4S/c1-11-7-15(25-2)5-3-12(11)10-19-20-18(22)17-9-13-8-14(21(23)24)4-6-16(13)26-17/h3-10H,1-2H3,(H,20,22)/b19-10-. The third-order valence-corrected chi connectivity index (χ3v) is 4.90. The van der Waals surface area contributed by atoms with Crippen LogP contribution < -0.4 is 10.2 Å². The monoisotopic (exact) mass is 369 g/mol. The van der Waals surface area contributed by atoms with Crippen molar-refractivity contribution in [3.05, 3.63) is 68.6 Å². The molecule has 0 aliphatic rings. The molecule has 0 fully saturated rings. The summed E-state index contributed by atoms with van der Waals surface area (Å²) < 4.78 is 5.95. The number of nitro benzene ring substituents is 1. The number of carbonyl (C=O) groups excluding carboxylic acids is 1. The molecule has 0 saturated heterocycles. The van der Waals surface area contributed by atoms with E-state index in [0.29, 0.717) is 10.3 Å². The number of fused-ring (bicyclic) bond motifs is 1. The second-order valence-electron chi connectivity index (χ2n) is 5.51. The van der Waals surface area contributed by atoms with Crippen molar-refractivity contribution in [2.45, 2.75) is 6.92 Å². The Hall–Kier alpha value is -3.26. The fourth-order valence-electron chi connectivity index (χ4n) is 2.39. The SMILES string of the molecule is COc1ccc(/C=N\NC(=O)c2cc3cc([N+](=O)[O-])ccc3s2)c(C)c1. The van der Waals surface area contributed by atoms with Gasteiger partial charge < -0.3 is 4.74 Å². The van der Waals surface area contributed by atoms with Crippen LogP contribution in [0.2, 0.25) is 0 Å². The molecule has 0 spiro atoms. The smallest absolute Gasteiger partial charge is 0.281 e. The summed E-state index contributed by atoms with van der Waals surface area (Å²) in [7, 11) is 1.60. The van der Waals surface area contributed by atoms with Gasteiger partial charge in [-0.3, -0.25) is 14.9 Å². The molecule has 0 aliphatic heterocycles. The number of nitrogens with one attached hydrogen (secondary N) is 1. The van der Waals surface area contributed by atoms with Crippen LogP contribution in [0, 0.1) is 17.0 Å². The molecule has 1 heterocycles. The Labute approximate surface area is 153 Å². The quantitative estimate of drug-likeness (QED) is 0.419. The summed E-state index contributed by atoms with van der Waals surface area (Å²) >= 11 is 1.26. The maximum Gasteiger partial charge on any atom is 0.281 e. The summed E-state index contributed by atoms with van der Waals surface area (Å²) in [6, 6.07) is 11.7. The number of hydrogen-bond acceptors (Lipinski definition) is 6. The first-order valence-corrected chi connectivity index (χ1v) is 8.45. The molecule has 0 bridgehead atoms. The number of non-ortho nitro benzene ring substituents is 1. The van der Waals surface area contributed by atoms with E-state index in [1.165, 1.54) is 23.5 Å². The summed E-state index contributed by atoms with van der Waals surface area (Å²) in [6.07, 6.45) is 1.56. The normalized spacial score (nSPS) is 11.0. The van der Waals surface area contributed by atoms with Crippen LogP contribution in [0.1, 0.15) is 20.8 Å². The minimum Gasteiger partial charge on any atom is -0.497 e. The number of amides is 1. The van der Waals surface area contributed by atoms with Crippen LogP contribution in [0.3, 0.4) is 0 Å². The van der Waals surface area contributed by atoms with Gasteiger partial charge in [0, 0.05) is 22.2 Å². The predicted molar refractivity (Wildman–Crippen MR) is 101 cm³/mol. The van der Waals surface area contributed by atoms with Gasteiger partial charge in [0.2, 0.25) is 0 Å². The summed E-state index contributed by atoms with van der Waals surface area (Å²) in [6.45, 7) is 1.92. The highest BCUT2D eigenvalue weighted by Gasteiger charge is 2.13. The molecule has 132 valence electrons. The van der Waals surface area contributed by atoms with Crippen LogP contribution in [-0.2, 0) is 0 Å². The molecule has 26 heavy (non-hydrogen) atoms. The minimum absolute atomic E-state index is 0.00439. The third-order valence-electron chi connectivity index (χ3n) is 3.78. The maximum atomic E-state index is 12.2. The first-order valence-electron chi connectivity index (χ1n) is 7.64. The molecule has 1 aromatic heterocycles. The number of hydrogen-bond donors (Lipinski definition) is 1. The molecule has 0 saturated carbocycles. The van der Waals surface area contributed by atoms with Crippen molar-refractivity contribution in [2.75, 3.05) is 7.11 Å². The minimum atomic E-state index is -0.460. The fourth-order valence-corrected chi connectivity index (χ4v) is 3.32. The molecule has 1 amide bonds. The second-order valence-corrected chi connectivity index (χ2v) is 6.60. The number of carbonyl (C=O) groups is 1. The lowest BCUT2D eigenvalue weighted by atomic mass is 10.1. The van der Waals surface area contributed by atoms with Crippen molar-refractivity contribution in [1.82, 2.24) is 5.43 Å². The van der Waals surface area contributed by atoms with Crippen molar-refractivity contribution in [1.29, 1.82) is 0 Å². The average molecular weight is 369 g/mol. The molecule has 3 rings (SSSR count). The van der Waals surface area contributed by atoms with Crippen LogP contribution >= 0.6 is 11.3 Å². The number of aryl methyl sites for hydroxylation is 1. The van der Waals surface area contributed by atoms with Gasteiger partial charge in [-0.05, 0) is 48.4 Å². The molecule has 8 heteroatoms. The van der Waals surface area contributed by atoms with Crippen molar-refractivity contribution < 1.29 is 14.5 Å². The van der Waals surface area contributed by atoms with Crippen LogP contribution in [0.25, 0.3) is 10.1 Å². The molecule has 0 aliphatic carbocycles. The summed E-state index contributed by atoms with van der Waals surface area (Å²) in [4.78, 5) is 23.0. The Bertz CT molecular complexity index is 1030.